The van der Waals surface area contributed by atoms with E-state index in [2.05, 4.69) is 33.6 Å². The van der Waals surface area contributed by atoms with Crippen LogP contribution in [0, 0.1) is 0 Å². The number of carboxylic acids is 1. The third kappa shape index (κ3) is 12.5. The van der Waals surface area contributed by atoms with Gasteiger partial charge in [0.2, 0.25) is 23.6 Å². The average molecular weight is 493 g/mol. The second-order valence-electron chi connectivity index (χ2n) is 6.95. The molecule has 4 atom stereocenters. The number of guanidine groups is 1. The molecule has 0 spiro atoms. The van der Waals surface area contributed by atoms with Gasteiger partial charge in [0.05, 0.1) is 6.61 Å². The number of amides is 4. The van der Waals surface area contributed by atoms with Gasteiger partial charge in [0.1, 0.15) is 24.2 Å². The average Bonchev–Trinajstić information content (AvgIpc) is 2.75. The maximum absolute atomic E-state index is 12.8. The normalized spacial score (nSPS) is 14.2. The molecule has 0 fully saturated rings. The molecule has 16 heteroatoms. The van der Waals surface area contributed by atoms with E-state index in [0.717, 1.165) is 0 Å². The molecule has 188 valence electrons. The van der Waals surface area contributed by atoms with Crippen LogP contribution in [0.2, 0.25) is 0 Å². The van der Waals surface area contributed by atoms with Crippen molar-refractivity contribution < 1.29 is 34.2 Å². The molecule has 0 radical (unpaired) electrons. The highest BCUT2D eigenvalue weighted by molar-refractivity contribution is 7.80. The molecule has 0 saturated heterocycles. The van der Waals surface area contributed by atoms with Crippen LogP contribution in [-0.4, -0.2) is 88.8 Å². The van der Waals surface area contributed by atoms with E-state index in [1.807, 2.05) is 0 Å². The molecule has 4 amide bonds. The van der Waals surface area contributed by atoms with Crippen molar-refractivity contribution in [2.75, 3.05) is 18.9 Å². The summed E-state index contributed by atoms with van der Waals surface area (Å²) < 4.78 is 0. The van der Waals surface area contributed by atoms with Crippen molar-refractivity contribution in [2.24, 2.45) is 27.9 Å². The van der Waals surface area contributed by atoms with E-state index in [0.29, 0.717) is 0 Å². The van der Waals surface area contributed by atoms with E-state index in [-0.39, 0.29) is 43.9 Å². The van der Waals surface area contributed by atoms with Crippen molar-refractivity contribution in [3.8, 4) is 0 Å². The van der Waals surface area contributed by atoms with Crippen LogP contribution >= 0.6 is 12.6 Å². The lowest BCUT2D eigenvalue weighted by Gasteiger charge is -2.24. The van der Waals surface area contributed by atoms with Crippen LogP contribution in [0.5, 0.6) is 0 Å². The molecule has 0 aliphatic rings. The molecule has 0 aliphatic heterocycles. The zero-order valence-electron chi connectivity index (χ0n) is 17.9. The van der Waals surface area contributed by atoms with Gasteiger partial charge >= 0.3 is 5.97 Å². The summed E-state index contributed by atoms with van der Waals surface area (Å²) in [5.74, 6) is -5.01. The first-order chi connectivity index (χ1) is 15.4. The van der Waals surface area contributed by atoms with Crippen LogP contribution in [0.3, 0.4) is 0 Å². The van der Waals surface area contributed by atoms with Gasteiger partial charge in [0.15, 0.2) is 5.96 Å². The topological polar surface area (TPSA) is 278 Å². The summed E-state index contributed by atoms with van der Waals surface area (Å²) in [6.45, 7) is -0.528. The number of nitrogens with zero attached hydrogens (tertiary/aromatic N) is 1. The van der Waals surface area contributed by atoms with Gasteiger partial charge < -0.3 is 49.1 Å². The zero-order chi connectivity index (χ0) is 25.6. The van der Waals surface area contributed by atoms with E-state index in [1.54, 1.807) is 0 Å². The Balaban J connectivity index is 5.50. The first-order valence-corrected chi connectivity index (χ1v) is 10.5. The SMILES string of the molecule is NC(=O)CCC(NC(=O)C(CCCN=C(N)N)NC(=O)C(N)CO)C(=O)NC(CS)C(=O)O. The summed E-state index contributed by atoms with van der Waals surface area (Å²) in [4.78, 5) is 63.5. The van der Waals surface area contributed by atoms with Crippen molar-refractivity contribution >= 4 is 48.2 Å². The Labute approximate surface area is 195 Å². The number of aliphatic hydroxyl groups is 1. The predicted octanol–water partition coefficient (Wildman–Crippen LogP) is -4.91. The lowest BCUT2D eigenvalue weighted by molar-refractivity contribution is -0.141. The maximum atomic E-state index is 12.8. The molecule has 4 unspecified atom stereocenters. The largest absolute Gasteiger partial charge is 0.480 e. The van der Waals surface area contributed by atoms with E-state index in [9.17, 15) is 24.0 Å². The van der Waals surface area contributed by atoms with Crippen molar-refractivity contribution in [2.45, 2.75) is 49.9 Å². The molecule has 13 N–H and O–H groups in total. The predicted molar refractivity (Wildman–Crippen MR) is 121 cm³/mol. The Morgan fingerprint density at radius 3 is 1.85 bits per heavy atom. The number of carboxylic acid groups (broad SMARTS) is 1. The van der Waals surface area contributed by atoms with E-state index in [1.165, 1.54) is 0 Å². The monoisotopic (exact) mass is 492 g/mol. The maximum Gasteiger partial charge on any atom is 0.327 e. The van der Waals surface area contributed by atoms with E-state index in [4.69, 9.17) is 33.1 Å². The van der Waals surface area contributed by atoms with Gasteiger partial charge in [-0.05, 0) is 19.3 Å². The molecule has 0 bridgehead atoms. The fourth-order valence-corrected chi connectivity index (χ4v) is 2.67. The third-order valence-corrected chi connectivity index (χ3v) is 4.59. The van der Waals surface area contributed by atoms with Gasteiger partial charge in [-0.1, -0.05) is 0 Å². The van der Waals surface area contributed by atoms with E-state index < -0.39 is 60.4 Å². The molecule has 0 rings (SSSR count). The van der Waals surface area contributed by atoms with Gasteiger partial charge in [-0.25, -0.2) is 4.79 Å². The van der Waals surface area contributed by atoms with Gasteiger partial charge in [-0.15, -0.1) is 0 Å². The van der Waals surface area contributed by atoms with Crippen LogP contribution in [0.1, 0.15) is 25.7 Å². The minimum Gasteiger partial charge on any atom is -0.480 e. The minimum atomic E-state index is -1.35. The first kappa shape index (κ1) is 29.9. The number of nitrogens with one attached hydrogen (secondary N) is 3. The standard InChI is InChI=1S/C17H32N8O7S/c18-8(6-26)13(28)23-9(2-1-5-22-17(20)21)14(29)24-10(3-4-12(19)27)15(30)25-11(7-33)16(31)32/h8-11,26,33H,1-7,18H2,(H2,19,27)(H,23,28)(H,24,29)(H,25,30)(H,31,32)(H4,20,21,22). The Kier molecular flexibility index (Phi) is 14.2. The summed E-state index contributed by atoms with van der Waals surface area (Å²) in [5.41, 5.74) is 21.1. The first-order valence-electron chi connectivity index (χ1n) is 9.87. The summed E-state index contributed by atoms with van der Waals surface area (Å²) in [5, 5.41) is 25.1. The van der Waals surface area contributed by atoms with Gasteiger partial charge in [-0.2, -0.15) is 12.6 Å². The number of hydrogen-bond donors (Lipinski definition) is 10. The van der Waals surface area contributed by atoms with Crippen LogP contribution in [0.4, 0.5) is 0 Å². The number of thiol groups is 1. The highest BCUT2D eigenvalue weighted by Crippen LogP contribution is 2.04. The molecular weight excluding hydrogens is 460 g/mol. The van der Waals surface area contributed by atoms with Crippen LogP contribution < -0.4 is 38.9 Å². The lowest BCUT2D eigenvalue weighted by Crippen LogP contribution is -2.57. The van der Waals surface area contributed by atoms with Crippen LogP contribution in [0.25, 0.3) is 0 Å². The van der Waals surface area contributed by atoms with Crippen molar-refractivity contribution in [3.05, 3.63) is 0 Å². The van der Waals surface area contributed by atoms with Gasteiger partial charge in [0.25, 0.3) is 0 Å². The molecule has 0 aliphatic carbocycles. The number of carbonyl (C=O) groups is 5. The van der Waals surface area contributed by atoms with Crippen molar-refractivity contribution in [1.82, 2.24) is 16.0 Å². The number of primary amides is 1. The summed E-state index contributed by atoms with van der Waals surface area (Å²) in [6.07, 6.45) is -0.223. The molecular formula is C17H32N8O7S. The Bertz CT molecular complexity index is 732. The third-order valence-electron chi connectivity index (χ3n) is 4.22. The molecule has 15 nitrogen and oxygen atoms in total. The second-order valence-corrected chi connectivity index (χ2v) is 7.31. The molecule has 0 aromatic heterocycles. The summed E-state index contributed by atoms with van der Waals surface area (Å²) >= 11 is 3.85. The minimum absolute atomic E-state index is 0.0328. The fraction of sp³-hybridized carbons (Fsp3) is 0.647. The quantitative estimate of drug-likeness (QED) is 0.0424. The number of nitrogens with two attached hydrogens (primary N) is 4. The highest BCUT2D eigenvalue weighted by atomic mass is 32.1. The number of carbonyl (C=O) groups excluding carboxylic acids is 4. The van der Waals surface area contributed by atoms with Crippen LogP contribution in [0.15, 0.2) is 4.99 Å². The number of aliphatic hydroxyl groups excluding tert-OH is 1. The molecule has 0 saturated carbocycles. The number of aliphatic imine (C=N–C) groups is 1. The smallest absolute Gasteiger partial charge is 0.327 e. The summed E-state index contributed by atoms with van der Waals surface area (Å²) in [7, 11) is 0. The number of rotatable bonds is 16. The molecule has 0 aromatic carbocycles. The Morgan fingerprint density at radius 1 is 0.879 bits per heavy atom. The van der Waals surface area contributed by atoms with Gasteiger partial charge in [-0.3, -0.25) is 24.2 Å². The Morgan fingerprint density at radius 2 is 1.39 bits per heavy atom. The second kappa shape index (κ2) is 15.7. The number of hydrogen-bond acceptors (Lipinski definition) is 9. The fourth-order valence-electron chi connectivity index (χ4n) is 2.42. The van der Waals surface area contributed by atoms with Gasteiger partial charge in [0, 0.05) is 18.7 Å². The lowest BCUT2D eigenvalue weighted by atomic mass is 10.1. The summed E-state index contributed by atoms with van der Waals surface area (Å²) in [6, 6.07) is -5.17. The highest BCUT2D eigenvalue weighted by Gasteiger charge is 2.30. The van der Waals surface area contributed by atoms with Crippen molar-refractivity contribution in [3.63, 3.8) is 0 Å². The Hall–Kier alpha value is -3.11. The van der Waals surface area contributed by atoms with Crippen LogP contribution in [-0.2, 0) is 24.0 Å². The zero-order valence-corrected chi connectivity index (χ0v) is 18.8. The molecule has 0 heterocycles. The molecule has 33 heavy (non-hydrogen) atoms. The molecule has 0 aromatic rings. The van der Waals surface area contributed by atoms with E-state index >= 15 is 0 Å². The number of aliphatic carboxylic acids is 1. The van der Waals surface area contributed by atoms with Crippen molar-refractivity contribution in [1.29, 1.82) is 0 Å².